The van der Waals surface area contributed by atoms with E-state index in [0.29, 0.717) is 0 Å². The summed E-state index contributed by atoms with van der Waals surface area (Å²) in [6.07, 6.45) is 11.1. The first-order valence-electron chi connectivity index (χ1n) is 9.02. The van der Waals surface area contributed by atoms with E-state index in [1.807, 2.05) is 12.1 Å². The molecule has 0 saturated heterocycles. The lowest BCUT2D eigenvalue weighted by Gasteiger charge is -2.16. The van der Waals surface area contributed by atoms with Crippen LogP contribution in [-0.4, -0.2) is 20.3 Å². The van der Waals surface area contributed by atoms with Crippen LogP contribution in [0.4, 0.5) is 0 Å². The van der Waals surface area contributed by atoms with Crippen molar-refractivity contribution in [3.63, 3.8) is 0 Å². The van der Waals surface area contributed by atoms with Gasteiger partial charge in [0, 0.05) is 12.1 Å². The van der Waals surface area contributed by atoms with E-state index in [-0.39, 0.29) is 0 Å². The van der Waals surface area contributed by atoms with Crippen LogP contribution < -0.4 is 14.8 Å². The molecule has 0 aliphatic heterocycles. The summed E-state index contributed by atoms with van der Waals surface area (Å²) < 4.78 is 11.4. The highest BCUT2D eigenvalue weighted by molar-refractivity contribution is 5.46. The van der Waals surface area contributed by atoms with E-state index in [4.69, 9.17) is 9.47 Å². The number of ether oxygens (including phenoxy) is 2. The standard InChI is InChI=1S/C20H31NO2/c1-3-4-15-23-20-18(11-8-12-19(20)22-2)16-21-14-13-17-9-6-5-7-10-17/h8-9,11-12,21H,3-7,10,13-16H2,1-2H3. The van der Waals surface area contributed by atoms with Crippen LogP contribution >= 0.6 is 0 Å². The van der Waals surface area contributed by atoms with E-state index in [9.17, 15) is 0 Å². The molecule has 0 spiro atoms. The molecular weight excluding hydrogens is 286 g/mol. The van der Waals surface area contributed by atoms with Gasteiger partial charge < -0.3 is 14.8 Å². The van der Waals surface area contributed by atoms with Gasteiger partial charge in [-0.15, -0.1) is 0 Å². The minimum atomic E-state index is 0.747. The molecule has 0 aromatic heterocycles. The Morgan fingerprint density at radius 3 is 2.87 bits per heavy atom. The molecule has 2 rings (SSSR count). The Hall–Kier alpha value is -1.48. The second-order valence-corrected chi connectivity index (χ2v) is 6.19. The summed E-state index contributed by atoms with van der Waals surface area (Å²) in [6, 6.07) is 6.13. The van der Waals surface area contributed by atoms with Gasteiger partial charge in [0.15, 0.2) is 11.5 Å². The van der Waals surface area contributed by atoms with E-state index >= 15 is 0 Å². The summed E-state index contributed by atoms with van der Waals surface area (Å²) in [4.78, 5) is 0. The molecule has 1 aromatic carbocycles. The Labute approximate surface area is 141 Å². The molecule has 128 valence electrons. The van der Waals surface area contributed by atoms with E-state index < -0.39 is 0 Å². The van der Waals surface area contributed by atoms with Crippen LogP contribution in [0.5, 0.6) is 11.5 Å². The van der Waals surface area contributed by atoms with Crippen molar-refractivity contribution in [3.8, 4) is 11.5 Å². The van der Waals surface area contributed by atoms with Gasteiger partial charge in [-0.1, -0.05) is 37.1 Å². The first-order chi connectivity index (χ1) is 11.3. The zero-order valence-corrected chi connectivity index (χ0v) is 14.7. The summed E-state index contributed by atoms with van der Waals surface area (Å²) >= 11 is 0. The summed E-state index contributed by atoms with van der Waals surface area (Å²) in [5, 5.41) is 3.55. The Morgan fingerprint density at radius 2 is 2.13 bits per heavy atom. The van der Waals surface area contributed by atoms with Gasteiger partial charge >= 0.3 is 0 Å². The number of hydrogen-bond acceptors (Lipinski definition) is 3. The molecule has 3 nitrogen and oxygen atoms in total. The van der Waals surface area contributed by atoms with E-state index in [1.54, 1.807) is 12.7 Å². The van der Waals surface area contributed by atoms with Crippen LogP contribution in [0.1, 0.15) is 57.4 Å². The minimum absolute atomic E-state index is 0.747. The fraction of sp³-hybridized carbons (Fsp3) is 0.600. The molecule has 0 fully saturated rings. The zero-order chi connectivity index (χ0) is 16.3. The van der Waals surface area contributed by atoms with Gasteiger partial charge in [0.25, 0.3) is 0 Å². The average Bonchev–Trinajstić information content (AvgIpc) is 2.60. The van der Waals surface area contributed by atoms with Crippen LogP contribution in [0.25, 0.3) is 0 Å². The molecule has 3 heteroatoms. The van der Waals surface area contributed by atoms with Crippen LogP contribution in [-0.2, 0) is 6.54 Å². The average molecular weight is 317 g/mol. The van der Waals surface area contributed by atoms with Crippen LogP contribution in [0.2, 0.25) is 0 Å². The van der Waals surface area contributed by atoms with E-state index in [2.05, 4.69) is 24.4 Å². The zero-order valence-electron chi connectivity index (χ0n) is 14.7. The maximum atomic E-state index is 5.97. The van der Waals surface area contributed by atoms with E-state index in [0.717, 1.165) is 50.5 Å². The molecule has 0 unspecified atom stereocenters. The van der Waals surface area contributed by atoms with Gasteiger partial charge in [0.05, 0.1) is 13.7 Å². The van der Waals surface area contributed by atoms with Gasteiger partial charge in [0.2, 0.25) is 0 Å². The molecule has 0 saturated carbocycles. The second kappa shape index (κ2) is 10.3. The van der Waals surface area contributed by atoms with Crippen molar-refractivity contribution in [1.29, 1.82) is 0 Å². The summed E-state index contributed by atoms with van der Waals surface area (Å²) in [5.74, 6) is 1.73. The summed E-state index contributed by atoms with van der Waals surface area (Å²) in [5.41, 5.74) is 2.80. The van der Waals surface area contributed by atoms with Crippen molar-refractivity contribution in [3.05, 3.63) is 35.4 Å². The topological polar surface area (TPSA) is 30.5 Å². The van der Waals surface area contributed by atoms with Crippen molar-refractivity contribution in [2.45, 2.75) is 58.4 Å². The Morgan fingerprint density at radius 1 is 1.22 bits per heavy atom. The predicted octanol–water partition coefficient (Wildman–Crippen LogP) is 4.85. The van der Waals surface area contributed by atoms with Crippen molar-refractivity contribution >= 4 is 0 Å². The minimum Gasteiger partial charge on any atom is -0.493 e. The highest BCUT2D eigenvalue weighted by Gasteiger charge is 2.10. The Bertz CT molecular complexity index is 496. The fourth-order valence-corrected chi connectivity index (χ4v) is 2.95. The summed E-state index contributed by atoms with van der Waals surface area (Å²) in [6.45, 7) is 4.77. The number of para-hydroxylation sites is 1. The number of hydrogen-bond donors (Lipinski definition) is 1. The number of nitrogens with one attached hydrogen (secondary N) is 1. The molecule has 0 atom stereocenters. The lowest BCUT2D eigenvalue weighted by Crippen LogP contribution is -2.16. The largest absolute Gasteiger partial charge is 0.493 e. The normalized spacial score (nSPS) is 14.4. The van der Waals surface area contributed by atoms with Crippen LogP contribution in [0.3, 0.4) is 0 Å². The van der Waals surface area contributed by atoms with Gasteiger partial charge in [-0.25, -0.2) is 0 Å². The van der Waals surface area contributed by atoms with Gasteiger partial charge in [0.1, 0.15) is 0 Å². The molecule has 0 radical (unpaired) electrons. The molecule has 1 N–H and O–H groups in total. The van der Waals surface area contributed by atoms with E-state index in [1.165, 1.54) is 31.2 Å². The summed E-state index contributed by atoms with van der Waals surface area (Å²) in [7, 11) is 1.70. The molecule has 23 heavy (non-hydrogen) atoms. The fourth-order valence-electron chi connectivity index (χ4n) is 2.95. The Balaban J connectivity index is 1.86. The molecule has 0 heterocycles. The molecule has 1 aromatic rings. The molecule has 0 bridgehead atoms. The molecule has 1 aliphatic rings. The van der Waals surface area contributed by atoms with Crippen LogP contribution in [0.15, 0.2) is 29.8 Å². The highest BCUT2D eigenvalue weighted by Crippen LogP contribution is 2.31. The lowest BCUT2D eigenvalue weighted by molar-refractivity contribution is 0.284. The van der Waals surface area contributed by atoms with Crippen molar-refractivity contribution in [2.75, 3.05) is 20.3 Å². The first kappa shape index (κ1) is 17.9. The SMILES string of the molecule is CCCCOc1c(CNCCC2=CCCCC2)cccc1OC. The van der Waals surface area contributed by atoms with Crippen molar-refractivity contribution in [2.24, 2.45) is 0 Å². The number of rotatable bonds is 10. The first-order valence-corrected chi connectivity index (χ1v) is 9.02. The maximum Gasteiger partial charge on any atom is 0.165 e. The second-order valence-electron chi connectivity index (χ2n) is 6.19. The number of benzene rings is 1. The number of allylic oxidation sites excluding steroid dienone is 1. The lowest BCUT2D eigenvalue weighted by atomic mass is 9.97. The predicted molar refractivity (Wildman–Crippen MR) is 96.3 cm³/mol. The van der Waals surface area contributed by atoms with Crippen molar-refractivity contribution < 1.29 is 9.47 Å². The number of unbranched alkanes of at least 4 members (excludes halogenated alkanes) is 1. The van der Waals surface area contributed by atoms with Gasteiger partial charge in [-0.2, -0.15) is 0 Å². The molecule has 1 aliphatic carbocycles. The van der Waals surface area contributed by atoms with Crippen LogP contribution in [0, 0.1) is 0 Å². The maximum absolute atomic E-state index is 5.97. The molecule has 0 amide bonds. The third-order valence-corrected chi connectivity index (χ3v) is 4.35. The monoisotopic (exact) mass is 317 g/mol. The third-order valence-electron chi connectivity index (χ3n) is 4.35. The van der Waals surface area contributed by atoms with Gasteiger partial charge in [-0.05, 0) is 51.1 Å². The molecular formula is C20H31NO2. The van der Waals surface area contributed by atoms with Crippen molar-refractivity contribution in [1.82, 2.24) is 5.32 Å². The van der Waals surface area contributed by atoms with Gasteiger partial charge in [-0.3, -0.25) is 0 Å². The quantitative estimate of drug-likeness (QED) is 0.494. The smallest absolute Gasteiger partial charge is 0.165 e. The number of methoxy groups -OCH3 is 1. The highest BCUT2D eigenvalue weighted by atomic mass is 16.5. The Kier molecular flexibility index (Phi) is 8.02. The third kappa shape index (κ3) is 5.91.